The lowest BCUT2D eigenvalue weighted by Gasteiger charge is -2.03. The van der Waals surface area contributed by atoms with E-state index in [4.69, 9.17) is 0 Å². The van der Waals surface area contributed by atoms with Crippen molar-refractivity contribution in [3.8, 4) is 0 Å². The monoisotopic (exact) mass is 180 g/mol. The van der Waals surface area contributed by atoms with Crippen LogP contribution in [0.4, 0.5) is 5.82 Å². The molecule has 0 bridgehead atoms. The van der Waals surface area contributed by atoms with Crippen LogP contribution in [0, 0.1) is 0 Å². The first-order chi connectivity index (χ1) is 6.33. The summed E-state index contributed by atoms with van der Waals surface area (Å²) in [4.78, 5) is 18.8. The molecule has 5 nitrogen and oxygen atoms in total. The largest absolute Gasteiger partial charge is 0.360 e. The van der Waals surface area contributed by atoms with Gasteiger partial charge in [0.2, 0.25) is 5.91 Å². The van der Waals surface area contributed by atoms with E-state index in [-0.39, 0.29) is 12.5 Å². The quantitative estimate of drug-likeness (QED) is 0.685. The third kappa shape index (κ3) is 3.50. The highest BCUT2D eigenvalue weighted by atomic mass is 16.1. The van der Waals surface area contributed by atoms with E-state index in [1.165, 1.54) is 0 Å². The maximum atomic E-state index is 11.0. The maximum absolute atomic E-state index is 11.0. The summed E-state index contributed by atoms with van der Waals surface area (Å²) in [5.74, 6) is 0.557. The minimum absolute atomic E-state index is 0.0480. The summed E-state index contributed by atoms with van der Waals surface area (Å²) in [7, 11) is 0. The first kappa shape index (κ1) is 9.44. The van der Waals surface area contributed by atoms with E-state index in [9.17, 15) is 4.79 Å². The van der Waals surface area contributed by atoms with Crippen LogP contribution in [0.2, 0.25) is 0 Å². The molecule has 1 aromatic rings. The Morgan fingerprint density at radius 1 is 1.54 bits per heavy atom. The summed E-state index contributed by atoms with van der Waals surface area (Å²) in [6.07, 6.45) is 4.72. The van der Waals surface area contributed by atoms with Gasteiger partial charge in [-0.25, -0.2) is 4.98 Å². The summed E-state index contributed by atoms with van der Waals surface area (Å²) in [6, 6.07) is 0. The van der Waals surface area contributed by atoms with E-state index < -0.39 is 0 Å². The molecule has 1 heterocycles. The molecule has 70 valence electrons. The summed E-state index contributed by atoms with van der Waals surface area (Å²) >= 11 is 0. The average Bonchev–Trinajstić information content (AvgIpc) is 2.17. The van der Waals surface area contributed by atoms with Crippen LogP contribution >= 0.6 is 0 Å². The number of carbonyl (C=O) groups is 1. The normalized spacial score (nSPS) is 9.31. The molecule has 1 amide bonds. The molecule has 1 rings (SSSR count). The second-order valence-corrected chi connectivity index (χ2v) is 2.40. The van der Waals surface area contributed by atoms with Crippen molar-refractivity contribution in [3.63, 3.8) is 0 Å². The van der Waals surface area contributed by atoms with Gasteiger partial charge in [0.1, 0.15) is 5.82 Å². The number of rotatable bonds is 4. The molecule has 0 spiro atoms. The predicted molar refractivity (Wildman–Crippen MR) is 49.2 cm³/mol. The summed E-state index contributed by atoms with van der Waals surface area (Å²) in [6.45, 7) is 2.74. The summed E-state index contributed by atoms with van der Waals surface area (Å²) in [5.41, 5.74) is 0. The molecule has 0 fully saturated rings. The lowest BCUT2D eigenvalue weighted by Crippen LogP contribution is -2.29. The minimum atomic E-state index is -0.0480. The number of amides is 1. The van der Waals surface area contributed by atoms with Gasteiger partial charge in [-0.15, -0.1) is 0 Å². The van der Waals surface area contributed by atoms with Crippen molar-refractivity contribution >= 4 is 11.7 Å². The van der Waals surface area contributed by atoms with Gasteiger partial charge < -0.3 is 10.6 Å². The molecule has 2 N–H and O–H groups in total. The van der Waals surface area contributed by atoms with Crippen LogP contribution in [0.5, 0.6) is 0 Å². The Kier molecular flexibility index (Phi) is 3.69. The van der Waals surface area contributed by atoms with E-state index in [0.717, 1.165) is 0 Å². The van der Waals surface area contributed by atoms with Gasteiger partial charge in [0, 0.05) is 18.9 Å². The summed E-state index contributed by atoms with van der Waals surface area (Å²) in [5, 5.41) is 5.51. The highest BCUT2D eigenvalue weighted by molar-refractivity contribution is 5.80. The SMILES string of the molecule is CCNC(=O)CNc1cnccn1. The second-order valence-electron chi connectivity index (χ2n) is 2.40. The van der Waals surface area contributed by atoms with E-state index >= 15 is 0 Å². The number of anilines is 1. The number of nitrogens with zero attached hydrogens (tertiary/aromatic N) is 2. The minimum Gasteiger partial charge on any atom is -0.360 e. The molecule has 0 radical (unpaired) electrons. The molecular formula is C8H12N4O. The Morgan fingerprint density at radius 3 is 3.00 bits per heavy atom. The van der Waals surface area contributed by atoms with E-state index in [0.29, 0.717) is 12.4 Å². The van der Waals surface area contributed by atoms with Crippen molar-refractivity contribution in [2.75, 3.05) is 18.4 Å². The van der Waals surface area contributed by atoms with Gasteiger partial charge in [0.25, 0.3) is 0 Å². The van der Waals surface area contributed by atoms with E-state index in [1.54, 1.807) is 18.6 Å². The van der Waals surface area contributed by atoms with Crippen molar-refractivity contribution < 1.29 is 4.79 Å². The molecule has 1 aromatic heterocycles. The van der Waals surface area contributed by atoms with Crippen molar-refractivity contribution in [2.45, 2.75) is 6.92 Å². The first-order valence-corrected chi connectivity index (χ1v) is 4.09. The second kappa shape index (κ2) is 5.08. The van der Waals surface area contributed by atoms with Crippen LogP contribution in [0.15, 0.2) is 18.6 Å². The highest BCUT2D eigenvalue weighted by Gasteiger charge is 1.98. The fourth-order valence-electron chi connectivity index (χ4n) is 0.821. The number of aromatic nitrogens is 2. The Morgan fingerprint density at radius 2 is 2.38 bits per heavy atom. The molecule has 5 heteroatoms. The zero-order valence-electron chi connectivity index (χ0n) is 7.45. The van der Waals surface area contributed by atoms with Crippen LogP contribution in [-0.4, -0.2) is 29.0 Å². The number of likely N-dealkylation sites (N-methyl/N-ethyl adjacent to an activating group) is 1. The molecule has 0 atom stereocenters. The molecule has 13 heavy (non-hydrogen) atoms. The number of carbonyl (C=O) groups excluding carboxylic acids is 1. The van der Waals surface area contributed by atoms with E-state index in [1.807, 2.05) is 6.92 Å². The summed E-state index contributed by atoms with van der Waals surface area (Å²) < 4.78 is 0. The number of nitrogens with one attached hydrogen (secondary N) is 2. The van der Waals surface area contributed by atoms with Crippen LogP contribution in [0.25, 0.3) is 0 Å². The molecule has 0 saturated heterocycles. The van der Waals surface area contributed by atoms with Crippen LogP contribution < -0.4 is 10.6 Å². The molecule has 0 aromatic carbocycles. The van der Waals surface area contributed by atoms with Gasteiger partial charge >= 0.3 is 0 Å². The molecular weight excluding hydrogens is 168 g/mol. The maximum Gasteiger partial charge on any atom is 0.239 e. The van der Waals surface area contributed by atoms with Gasteiger partial charge in [-0.1, -0.05) is 0 Å². The topological polar surface area (TPSA) is 66.9 Å². The lowest BCUT2D eigenvalue weighted by molar-refractivity contribution is -0.119. The van der Waals surface area contributed by atoms with Crippen LogP contribution in [0.3, 0.4) is 0 Å². The van der Waals surface area contributed by atoms with Gasteiger partial charge in [0.05, 0.1) is 12.7 Å². The number of hydrogen-bond donors (Lipinski definition) is 2. The molecule has 0 aliphatic carbocycles. The number of hydrogen-bond acceptors (Lipinski definition) is 4. The zero-order valence-corrected chi connectivity index (χ0v) is 7.45. The Balaban J connectivity index is 2.31. The molecule has 0 aliphatic rings. The zero-order chi connectivity index (χ0) is 9.52. The molecule has 0 unspecified atom stereocenters. The standard InChI is InChI=1S/C8H12N4O/c1-2-10-8(13)6-12-7-5-9-3-4-11-7/h3-5H,2,6H2,1H3,(H,10,13)(H,11,12). The predicted octanol–water partition coefficient (Wildman–Crippen LogP) is 0.0246. The van der Waals surface area contributed by atoms with Crippen molar-refractivity contribution in [1.29, 1.82) is 0 Å². The van der Waals surface area contributed by atoms with Crippen LogP contribution in [0.1, 0.15) is 6.92 Å². The van der Waals surface area contributed by atoms with Crippen molar-refractivity contribution in [2.24, 2.45) is 0 Å². The first-order valence-electron chi connectivity index (χ1n) is 4.09. The highest BCUT2D eigenvalue weighted by Crippen LogP contribution is 1.94. The molecule has 0 aliphatic heterocycles. The smallest absolute Gasteiger partial charge is 0.239 e. The Labute approximate surface area is 76.6 Å². The van der Waals surface area contributed by atoms with Gasteiger partial charge in [-0.3, -0.25) is 9.78 Å². The van der Waals surface area contributed by atoms with Crippen LogP contribution in [-0.2, 0) is 4.79 Å². The van der Waals surface area contributed by atoms with Crippen molar-refractivity contribution in [3.05, 3.63) is 18.6 Å². The lowest BCUT2D eigenvalue weighted by atomic mass is 10.5. The van der Waals surface area contributed by atoms with E-state index in [2.05, 4.69) is 20.6 Å². The average molecular weight is 180 g/mol. The fourth-order valence-corrected chi connectivity index (χ4v) is 0.821. The fraction of sp³-hybridized carbons (Fsp3) is 0.375. The van der Waals surface area contributed by atoms with Crippen molar-refractivity contribution in [1.82, 2.24) is 15.3 Å². The van der Waals surface area contributed by atoms with Gasteiger partial charge in [-0.2, -0.15) is 0 Å². The van der Waals surface area contributed by atoms with Gasteiger partial charge in [0.15, 0.2) is 0 Å². The molecule has 0 saturated carbocycles. The third-order valence-electron chi connectivity index (χ3n) is 1.37. The Bertz CT molecular complexity index is 262. The Hall–Kier alpha value is -1.65. The third-order valence-corrected chi connectivity index (χ3v) is 1.37. The van der Waals surface area contributed by atoms with Gasteiger partial charge in [-0.05, 0) is 6.92 Å².